The maximum atomic E-state index is 11.7. The van der Waals surface area contributed by atoms with E-state index in [1.807, 2.05) is 24.3 Å². The molecule has 1 aromatic heterocycles. The highest BCUT2D eigenvalue weighted by atomic mass is 32.1. The number of fused-ring (bicyclic) bond motifs is 1. The van der Waals surface area contributed by atoms with Crippen LogP contribution in [0.2, 0.25) is 0 Å². The van der Waals surface area contributed by atoms with Crippen LogP contribution in [-0.2, 0) is 9.53 Å². The Balaban J connectivity index is 1.69. The van der Waals surface area contributed by atoms with E-state index in [0.717, 1.165) is 35.8 Å². The highest BCUT2D eigenvalue weighted by molar-refractivity contribution is 7.16. The van der Waals surface area contributed by atoms with Gasteiger partial charge >= 0.3 is 5.97 Å². The molecule has 0 saturated heterocycles. The highest BCUT2D eigenvalue weighted by Gasteiger charge is 2.05. The summed E-state index contributed by atoms with van der Waals surface area (Å²) >= 11 is 1.23. The lowest BCUT2D eigenvalue weighted by Crippen LogP contribution is -2.06. The molecule has 0 N–H and O–H groups in total. The molecular formula is C19H22O4S. The second-order valence-corrected chi connectivity index (χ2v) is 6.65. The topological polar surface area (TPSA) is 52.6 Å². The molecule has 2 aromatic rings. The molecule has 0 spiro atoms. The second kappa shape index (κ2) is 9.23. The number of ether oxygens (including phenoxy) is 2. The third-order valence-corrected chi connectivity index (χ3v) is 4.38. The molecular weight excluding hydrogens is 324 g/mol. The Morgan fingerprint density at radius 2 is 1.83 bits per heavy atom. The molecule has 1 heterocycles. The summed E-state index contributed by atoms with van der Waals surface area (Å²) < 4.78 is 11.8. The normalized spacial score (nSPS) is 10.5. The van der Waals surface area contributed by atoms with Gasteiger partial charge < -0.3 is 9.47 Å². The van der Waals surface area contributed by atoms with E-state index in [9.17, 15) is 9.59 Å². The quantitative estimate of drug-likeness (QED) is 0.385. The van der Waals surface area contributed by atoms with Gasteiger partial charge in [-0.2, -0.15) is 0 Å². The average Bonchev–Trinajstić information content (AvgIpc) is 2.56. The summed E-state index contributed by atoms with van der Waals surface area (Å²) in [4.78, 5) is 22.9. The molecule has 128 valence electrons. The lowest BCUT2D eigenvalue weighted by molar-refractivity contribution is -0.139. The zero-order valence-electron chi connectivity index (χ0n) is 13.9. The van der Waals surface area contributed by atoms with Crippen molar-refractivity contribution in [2.75, 3.05) is 13.2 Å². The van der Waals surface area contributed by atoms with E-state index in [2.05, 4.69) is 6.58 Å². The van der Waals surface area contributed by atoms with Crippen molar-refractivity contribution in [3.05, 3.63) is 52.0 Å². The fraction of sp³-hybridized carbons (Fsp3) is 0.368. The Bertz CT molecular complexity index is 763. The lowest BCUT2D eigenvalue weighted by atomic mass is 10.2. The number of esters is 1. The molecule has 0 unspecified atom stereocenters. The van der Waals surface area contributed by atoms with Gasteiger partial charge in [-0.05, 0) is 44.7 Å². The van der Waals surface area contributed by atoms with Crippen LogP contribution in [0.5, 0.6) is 5.75 Å². The van der Waals surface area contributed by atoms with E-state index in [4.69, 9.17) is 9.47 Å². The summed E-state index contributed by atoms with van der Waals surface area (Å²) in [6.45, 7) is 6.18. The van der Waals surface area contributed by atoms with E-state index in [1.165, 1.54) is 11.3 Å². The van der Waals surface area contributed by atoms with Gasteiger partial charge in [-0.3, -0.25) is 4.79 Å². The molecule has 0 radical (unpaired) electrons. The van der Waals surface area contributed by atoms with Crippen LogP contribution >= 0.6 is 11.3 Å². The Hall–Kier alpha value is -2.14. The van der Waals surface area contributed by atoms with Crippen LogP contribution in [0.1, 0.15) is 32.6 Å². The summed E-state index contributed by atoms with van der Waals surface area (Å²) in [6, 6.07) is 9.32. The number of carbonyl (C=O) groups is 1. The van der Waals surface area contributed by atoms with E-state index in [-0.39, 0.29) is 10.7 Å². The van der Waals surface area contributed by atoms with Gasteiger partial charge in [-0.25, -0.2) is 4.79 Å². The second-order valence-electron chi connectivity index (χ2n) is 5.60. The summed E-state index contributed by atoms with van der Waals surface area (Å²) in [5.74, 6) is 0.327. The first-order valence-corrected chi connectivity index (χ1v) is 8.88. The van der Waals surface area contributed by atoms with Gasteiger partial charge in [0.1, 0.15) is 5.75 Å². The largest absolute Gasteiger partial charge is 0.493 e. The third-order valence-electron chi connectivity index (χ3n) is 3.49. The van der Waals surface area contributed by atoms with Gasteiger partial charge in [0.05, 0.1) is 13.2 Å². The van der Waals surface area contributed by atoms with Crippen LogP contribution < -0.4 is 9.48 Å². The Kier molecular flexibility index (Phi) is 7.00. The Labute approximate surface area is 145 Å². The molecule has 0 bridgehead atoms. The molecule has 1 aromatic carbocycles. The van der Waals surface area contributed by atoms with Crippen molar-refractivity contribution in [3.63, 3.8) is 0 Å². The van der Waals surface area contributed by atoms with Crippen LogP contribution in [0.3, 0.4) is 0 Å². The van der Waals surface area contributed by atoms with Crippen molar-refractivity contribution < 1.29 is 14.3 Å². The zero-order valence-corrected chi connectivity index (χ0v) is 14.7. The van der Waals surface area contributed by atoms with Crippen LogP contribution in [0, 0.1) is 0 Å². The van der Waals surface area contributed by atoms with E-state index >= 15 is 0 Å². The Morgan fingerprint density at radius 1 is 1.12 bits per heavy atom. The first-order valence-electron chi connectivity index (χ1n) is 8.06. The standard InChI is InChI=1S/C19H22O4S/c1-14(2)19(21)23-12-8-4-3-7-11-22-16-13-18(20)24-17-10-6-5-9-15(16)17/h5-6,9-10,13H,1,3-4,7-8,11-12H2,2H3. The lowest BCUT2D eigenvalue weighted by Gasteiger charge is -2.08. The van der Waals surface area contributed by atoms with Crippen molar-refractivity contribution in [2.24, 2.45) is 0 Å². The molecule has 0 aliphatic rings. The van der Waals surface area contributed by atoms with E-state index in [0.29, 0.717) is 24.5 Å². The molecule has 2 rings (SSSR count). The monoisotopic (exact) mass is 346 g/mol. The molecule has 0 atom stereocenters. The molecule has 0 amide bonds. The molecule has 0 aliphatic carbocycles. The van der Waals surface area contributed by atoms with E-state index in [1.54, 1.807) is 13.0 Å². The molecule has 4 nitrogen and oxygen atoms in total. The first kappa shape index (κ1) is 18.2. The van der Waals surface area contributed by atoms with Gasteiger partial charge in [-0.1, -0.05) is 30.0 Å². The summed E-state index contributed by atoms with van der Waals surface area (Å²) in [7, 11) is 0. The van der Waals surface area contributed by atoms with Crippen molar-refractivity contribution in [1.82, 2.24) is 0 Å². The van der Waals surface area contributed by atoms with Crippen LogP contribution in [-0.4, -0.2) is 19.2 Å². The molecule has 0 saturated carbocycles. The Morgan fingerprint density at radius 3 is 2.58 bits per heavy atom. The van der Waals surface area contributed by atoms with Crippen molar-refractivity contribution in [3.8, 4) is 5.75 Å². The van der Waals surface area contributed by atoms with Gasteiger partial charge in [-0.15, -0.1) is 0 Å². The van der Waals surface area contributed by atoms with Crippen LogP contribution in [0.4, 0.5) is 0 Å². The number of carbonyl (C=O) groups excluding carboxylic acids is 1. The van der Waals surface area contributed by atoms with Crippen molar-refractivity contribution in [2.45, 2.75) is 32.6 Å². The highest BCUT2D eigenvalue weighted by Crippen LogP contribution is 2.26. The number of hydrogen-bond donors (Lipinski definition) is 0. The maximum Gasteiger partial charge on any atom is 0.333 e. The smallest absolute Gasteiger partial charge is 0.333 e. The minimum absolute atomic E-state index is 0.00280. The van der Waals surface area contributed by atoms with Crippen LogP contribution in [0.25, 0.3) is 10.1 Å². The van der Waals surface area contributed by atoms with E-state index < -0.39 is 0 Å². The summed E-state index contributed by atoms with van der Waals surface area (Å²) in [5.41, 5.74) is 0.428. The third kappa shape index (κ3) is 5.49. The van der Waals surface area contributed by atoms with Crippen LogP contribution in [0.15, 0.2) is 47.3 Å². The fourth-order valence-electron chi connectivity index (χ4n) is 2.23. The number of rotatable bonds is 9. The van der Waals surface area contributed by atoms with Gasteiger partial charge in [0.25, 0.3) is 0 Å². The van der Waals surface area contributed by atoms with Crippen molar-refractivity contribution in [1.29, 1.82) is 0 Å². The zero-order chi connectivity index (χ0) is 17.4. The number of hydrogen-bond acceptors (Lipinski definition) is 5. The minimum atomic E-state index is -0.330. The SMILES string of the molecule is C=C(C)C(=O)OCCCCCCOc1cc(=O)sc2ccccc12. The summed E-state index contributed by atoms with van der Waals surface area (Å²) in [5, 5.41) is 0.980. The molecule has 5 heteroatoms. The number of unbranched alkanes of at least 4 members (excludes halogenated alkanes) is 3. The first-order chi connectivity index (χ1) is 11.6. The van der Waals surface area contributed by atoms with Gasteiger partial charge in [0.15, 0.2) is 0 Å². The summed E-state index contributed by atoms with van der Waals surface area (Å²) in [6.07, 6.45) is 3.69. The predicted octanol–water partition coefficient (Wildman–Crippen LogP) is 4.32. The molecule has 0 aliphatic heterocycles. The predicted molar refractivity (Wildman–Crippen MR) is 97.8 cm³/mol. The molecule has 0 fully saturated rings. The van der Waals surface area contributed by atoms with Crippen molar-refractivity contribution >= 4 is 27.4 Å². The van der Waals surface area contributed by atoms with Gasteiger partial charge in [0.2, 0.25) is 4.74 Å². The number of benzene rings is 1. The van der Waals surface area contributed by atoms with Gasteiger partial charge in [0, 0.05) is 21.7 Å². The molecule has 24 heavy (non-hydrogen) atoms. The minimum Gasteiger partial charge on any atom is -0.493 e. The fourth-order valence-corrected chi connectivity index (χ4v) is 3.04. The average molecular weight is 346 g/mol. The maximum absolute atomic E-state index is 11.7.